The largest absolute Gasteiger partial charge is 0.425 e. The summed E-state index contributed by atoms with van der Waals surface area (Å²) >= 11 is 0. The van der Waals surface area contributed by atoms with Gasteiger partial charge in [0.1, 0.15) is 12.3 Å². The standard InChI is InChI=1S/C21H25N3O5S/c1-3-13-22-21(26)23-18-10-7-11-19(15-18)29-20(25)16-24(2)30(27,28)14-12-17-8-5-4-6-9-17/h4-12,14-15H,3,13,16H2,1-2H3,(H2,22,23,26)/b14-12-. The van der Waals surface area contributed by atoms with E-state index < -0.39 is 22.5 Å². The minimum absolute atomic E-state index is 0.193. The van der Waals surface area contributed by atoms with Crippen LogP contribution in [-0.4, -0.2) is 44.9 Å². The Morgan fingerprint density at radius 1 is 1.10 bits per heavy atom. The Morgan fingerprint density at radius 3 is 2.53 bits per heavy atom. The van der Waals surface area contributed by atoms with Crippen LogP contribution < -0.4 is 15.4 Å². The van der Waals surface area contributed by atoms with Gasteiger partial charge in [-0.05, 0) is 30.2 Å². The number of carbonyl (C=O) groups excluding carboxylic acids is 2. The zero-order valence-corrected chi connectivity index (χ0v) is 17.7. The van der Waals surface area contributed by atoms with Gasteiger partial charge in [-0.1, -0.05) is 43.3 Å². The number of ether oxygens (including phenoxy) is 1. The molecule has 0 aliphatic rings. The number of benzene rings is 2. The Labute approximate surface area is 176 Å². The summed E-state index contributed by atoms with van der Waals surface area (Å²) in [6.45, 7) is 2.02. The SMILES string of the molecule is CCCNC(=O)Nc1cccc(OC(=O)CN(C)S(=O)(=O)/C=C\c2ccccc2)c1. The Bertz CT molecular complexity index is 991. The minimum atomic E-state index is -3.79. The van der Waals surface area contributed by atoms with Gasteiger partial charge >= 0.3 is 12.0 Å². The van der Waals surface area contributed by atoms with E-state index >= 15 is 0 Å². The van der Waals surface area contributed by atoms with E-state index in [1.54, 1.807) is 36.4 Å². The molecule has 0 aliphatic carbocycles. The molecule has 30 heavy (non-hydrogen) atoms. The molecule has 0 radical (unpaired) electrons. The lowest BCUT2D eigenvalue weighted by atomic mass is 10.2. The summed E-state index contributed by atoms with van der Waals surface area (Å²) in [5.41, 5.74) is 1.17. The second-order valence-electron chi connectivity index (χ2n) is 6.40. The molecule has 0 aliphatic heterocycles. The number of likely N-dealkylation sites (N-methyl/N-ethyl adjacent to an activating group) is 1. The fourth-order valence-corrected chi connectivity index (χ4v) is 3.14. The first-order valence-corrected chi connectivity index (χ1v) is 10.9. The fraction of sp³-hybridized carbons (Fsp3) is 0.238. The summed E-state index contributed by atoms with van der Waals surface area (Å²) in [5.74, 6) is -0.555. The number of urea groups is 1. The molecule has 0 atom stereocenters. The van der Waals surface area contributed by atoms with Crippen molar-refractivity contribution in [2.45, 2.75) is 13.3 Å². The molecule has 0 unspecified atom stereocenters. The van der Waals surface area contributed by atoms with E-state index in [9.17, 15) is 18.0 Å². The molecule has 0 spiro atoms. The Kier molecular flexibility index (Phi) is 8.57. The summed E-state index contributed by atoms with van der Waals surface area (Å²) in [7, 11) is -2.50. The van der Waals surface area contributed by atoms with Gasteiger partial charge in [0, 0.05) is 30.8 Å². The third-order valence-corrected chi connectivity index (χ3v) is 5.36. The highest BCUT2D eigenvalue weighted by atomic mass is 32.2. The van der Waals surface area contributed by atoms with Crippen LogP contribution in [0.3, 0.4) is 0 Å². The second-order valence-corrected chi connectivity index (χ2v) is 8.32. The topological polar surface area (TPSA) is 105 Å². The van der Waals surface area contributed by atoms with Crippen LogP contribution in [0.2, 0.25) is 0 Å². The van der Waals surface area contributed by atoms with Crippen molar-refractivity contribution in [2.75, 3.05) is 25.5 Å². The van der Waals surface area contributed by atoms with Crippen molar-refractivity contribution in [2.24, 2.45) is 0 Å². The zero-order valence-electron chi connectivity index (χ0n) is 16.9. The minimum Gasteiger partial charge on any atom is -0.425 e. The van der Waals surface area contributed by atoms with E-state index in [-0.39, 0.29) is 11.8 Å². The molecule has 160 valence electrons. The van der Waals surface area contributed by atoms with Crippen molar-refractivity contribution in [3.8, 4) is 5.75 Å². The molecule has 0 heterocycles. The van der Waals surface area contributed by atoms with Crippen LogP contribution in [0, 0.1) is 0 Å². The number of carbonyl (C=O) groups is 2. The smallest absolute Gasteiger partial charge is 0.326 e. The molecule has 2 aromatic rings. The second kappa shape index (κ2) is 11.1. The molecule has 8 nitrogen and oxygen atoms in total. The maximum absolute atomic E-state index is 12.3. The lowest BCUT2D eigenvalue weighted by Gasteiger charge is -2.14. The Hall–Kier alpha value is -3.17. The predicted octanol–water partition coefficient (Wildman–Crippen LogP) is 3.06. The number of hydrogen-bond donors (Lipinski definition) is 2. The monoisotopic (exact) mass is 431 g/mol. The van der Waals surface area contributed by atoms with E-state index in [4.69, 9.17) is 4.74 Å². The summed E-state index contributed by atoms with van der Waals surface area (Å²) in [4.78, 5) is 23.9. The van der Waals surface area contributed by atoms with E-state index in [0.717, 1.165) is 21.7 Å². The predicted molar refractivity (Wildman–Crippen MR) is 116 cm³/mol. The van der Waals surface area contributed by atoms with Crippen molar-refractivity contribution < 1.29 is 22.7 Å². The molecule has 0 fully saturated rings. The molecule has 0 saturated heterocycles. The van der Waals surface area contributed by atoms with Gasteiger partial charge in [-0.25, -0.2) is 13.2 Å². The fourth-order valence-electron chi connectivity index (χ4n) is 2.32. The molecule has 9 heteroatoms. The number of hydrogen-bond acceptors (Lipinski definition) is 5. The van der Waals surface area contributed by atoms with Gasteiger partial charge in [0.25, 0.3) is 0 Å². The zero-order chi connectivity index (χ0) is 22.0. The third kappa shape index (κ3) is 7.69. The normalized spacial score (nSPS) is 11.4. The molecule has 2 aromatic carbocycles. The highest BCUT2D eigenvalue weighted by Crippen LogP contribution is 2.18. The van der Waals surface area contributed by atoms with Crippen LogP contribution in [0.1, 0.15) is 18.9 Å². The van der Waals surface area contributed by atoms with Crippen molar-refractivity contribution in [1.82, 2.24) is 9.62 Å². The summed E-state index contributed by atoms with van der Waals surface area (Å²) in [5, 5.41) is 6.34. The number of nitrogens with one attached hydrogen (secondary N) is 2. The van der Waals surface area contributed by atoms with E-state index in [1.165, 1.54) is 25.3 Å². The lowest BCUT2D eigenvalue weighted by Crippen LogP contribution is -2.33. The molecular formula is C21H25N3O5S. The highest BCUT2D eigenvalue weighted by Gasteiger charge is 2.19. The molecule has 2 rings (SSSR count). The molecule has 2 N–H and O–H groups in total. The summed E-state index contributed by atoms with van der Waals surface area (Å²) < 4.78 is 30.8. The maximum atomic E-state index is 12.3. The molecule has 0 saturated carbocycles. The first-order chi connectivity index (χ1) is 14.3. The van der Waals surface area contributed by atoms with Gasteiger partial charge in [0.05, 0.1) is 0 Å². The third-order valence-electron chi connectivity index (χ3n) is 3.88. The van der Waals surface area contributed by atoms with Crippen LogP contribution >= 0.6 is 0 Å². The first-order valence-electron chi connectivity index (χ1n) is 9.35. The molecular weight excluding hydrogens is 406 g/mol. The van der Waals surface area contributed by atoms with Crippen molar-refractivity contribution in [1.29, 1.82) is 0 Å². The molecule has 0 bridgehead atoms. The van der Waals surface area contributed by atoms with Gasteiger partial charge in [-0.15, -0.1) is 0 Å². The average molecular weight is 432 g/mol. The summed E-state index contributed by atoms with van der Waals surface area (Å²) in [6.07, 6.45) is 2.26. The lowest BCUT2D eigenvalue weighted by molar-refractivity contribution is -0.134. The maximum Gasteiger partial charge on any atom is 0.326 e. The molecule has 2 amide bonds. The highest BCUT2D eigenvalue weighted by molar-refractivity contribution is 7.92. The first kappa shape index (κ1) is 23.1. The van der Waals surface area contributed by atoms with Gasteiger partial charge in [-0.2, -0.15) is 4.31 Å². The van der Waals surface area contributed by atoms with Crippen molar-refractivity contribution in [3.05, 3.63) is 65.6 Å². The number of esters is 1. The Balaban J connectivity index is 1.93. The summed E-state index contributed by atoms with van der Waals surface area (Å²) in [6, 6.07) is 14.9. The van der Waals surface area contributed by atoms with E-state index in [2.05, 4.69) is 10.6 Å². The van der Waals surface area contributed by atoms with Crippen molar-refractivity contribution >= 4 is 33.8 Å². The van der Waals surface area contributed by atoms with Crippen LogP contribution in [-0.2, 0) is 14.8 Å². The van der Waals surface area contributed by atoms with Gasteiger partial charge < -0.3 is 15.4 Å². The number of anilines is 1. The van der Waals surface area contributed by atoms with Gasteiger partial charge in [0.15, 0.2) is 0 Å². The van der Waals surface area contributed by atoms with E-state index in [0.29, 0.717) is 12.2 Å². The van der Waals surface area contributed by atoms with Crippen LogP contribution in [0.4, 0.5) is 10.5 Å². The van der Waals surface area contributed by atoms with Crippen molar-refractivity contribution in [3.63, 3.8) is 0 Å². The number of sulfonamides is 1. The van der Waals surface area contributed by atoms with Gasteiger partial charge in [0.2, 0.25) is 10.0 Å². The molecule has 0 aromatic heterocycles. The van der Waals surface area contributed by atoms with Crippen LogP contribution in [0.5, 0.6) is 5.75 Å². The van der Waals surface area contributed by atoms with Crippen LogP contribution in [0.25, 0.3) is 6.08 Å². The van der Waals surface area contributed by atoms with Gasteiger partial charge in [-0.3, -0.25) is 4.79 Å². The number of amides is 2. The average Bonchev–Trinajstić information content (AvgIpc) is 2.71. The number of nitrogens with zero attached hydrogens (tertiary/aromatic N) is 1. The van der Waals surface area contributed by atoms with E-state index in [1.807, 2.05) is 13.0 Å². The number of rotatable bonds is 9. The quantitative estimate of drug-likeness (QED) is 0.469. The Morgan fingerprint density at radius 2 is 1.83 bits per heavy atom. The van der Waals surface area contributed by atoms with Crippen LogP contribution in [0.15, 0.2) is 60.0 Å².